The van der Waals surface area contributed by atoms with Crippen LogP contribution in [-0.4, -0.2) is 47.1 Å². The Bertz CT molecular complexity index is 458. The minimum atomic E-state index is -1.15. The fraction of sp³-hybridized carbons (Fsp3) is 0.533. The summed E-state index contributed by atoms with van der Waals surface area (Å²) in [5.41, 5.74) is 0.409. The Morgan fingerprint density at radius 2 is 1.85 bits per heavy atom. The van der Waals surface area contributed by atoms with Crippen LogP contribution in [0.2, 0.25) is 0 Å². The molecule has 1 aromatic rings. The predicted octanol–water partition coefficient (Wildman–Crippen LogP) is 2.31. The lowest BCUT2D eigenvalue weighted by Gasteiger charge is -2.17. The van der Waals surface area contributed by atoms with Crippen molar-refractivity contribution in [3.05, 3.63) is 29.8 Å². The number of nitrogens with zero attached hydrogens (tertiary/aromatic N) is 1. The lowest BCUT2D eigenvalue weighted by molar-refractivity contribution is 0.0462. The Balaban J connectivity index is 2.66. The molecule has 0 saturated carbocycles. The minimum Gasteiger partial charge on any atom is -0.461 e. The van der Waals surface area contributed by atoms with Gasteiger partial charge >= 0.3 is 5.97 Å². The zero-order valence-corrected chi connectivity index (χ0v) is 13.2. The molecular formula is C15H23NO3S. The second kappa shape index (κ2) is 8.87. The third kappa shape index (κ3) is 4.72. The average Bonchev–Trinajstić information content (AvgIpc) is 2.50. The third-order valence-electron chi connectivity index (χ3n) is 3.15. The smallest absolute Gasteiger partial charge is 0.339 e. The fourth-order valence-corrected chi connectivity index (χ4v) is 2.81. The number of carbonyl (C=O) groups is 1. The van der Waals surface area contributed by atoms with Crippen molar-refractivity contribution in [2.75, 3.05) is 32.0 Å². The van der Waals surface area contributed by atoms with E-state index in [2.05, 4.69) is 18.7 Å². The third-order valence-corrected chi connectivity index (χ3v) is 4.52. The highest BCUT2D eigenvalue weighted by Crippen LogP contribution is 2.15. The number of benzene rings is 1. The van der Waals surface area contributed by atoms with Gasteiger partial charge in [0.2, 0.25) is 0 Å². The maximum atomic E-state index is 12.1. The molecule has 0 amide bonds. The molecule has 0 heterocycles. The molecule has 0 aromatic heterocycles. The van der Waals surface area contributed by atoms with Gasteiger partial charge in [-0.25, -0.2) is 4.79 Å². The van der Waals surface area contributed by atoms with Crippen molar-refractivity contribution in [1.82, 2.24) is 4.90 Å². The zero-order chi connectivity index (χ0) is 15.0. The molecular weight excluding hydrogens is 274 g/mol. The van der Waals surface area contributed by atoms with Gasteiger partial charge in [0.15, 0.2) is 0 Å². The lowest BCUT2D eigenvalue weighted by Crippen LogP contribution is -2.28. The van der Waals surface area contributed by atoms with Crippen LogP contribution in [0.4, 0.5) is 0 Å². The highest BCUT2D eigenvalue weighted by Gasteiger charge is 2.15. The molecule has 0 aliphatic carbocycles. The zero-order valence-electron chi connectivity index (χ0n) is 12.4. The van der Waals surface area contributed by atoms with E-state index in [-0.39, 0.29) is 0 Å². The SMILES string of the molecule is CCN(CC)CCOC(=O)c1ccccc1S(=O)CC. The molecule has 0 bridgehead atoms. The first-order valence-corrected chi connectivity index (χ1v) is 8.32. The van der Waals surface area contributed by atoms with E-state index < -0.39 is 16.8 Å². The largest absolute Gasteiger partial charge is 0.461 e. The van der Waals surface area contributed by atoms with Crippen molar-refractivity contribution in [3.8, 4) is 0 Å². The average molecular weight is 297 g/mol. The summed E-state index contributed by atoms with van der Waals surface area (Å²) in [7, 11) is -1.15. The van der Waals surface area contributed by atoms with E-state index in [0.717, 1.165) is 19.6 Å². The Morgan fingerprint density at radius 3 is 2.45 bits per heavy atom. The molecule has 0 saturated heterocycles. The summed E-state index contributed by atoms with van der Waals surface area (Å²) in [4.78, 5) is 14.8. The number of esters is 1. The van der Waals surface area contributed by atoms with E-state index in [4.69, 9.17) is 4.74 Å². The molecule has 0 N–H and O–H groups in total. The van der Waals surface area contributed by atoms with Crippen LogP contribution >= 0.6 is 0 Å². The first kappa shape index (κ1) is 16.9. The van der Waals surface area contributed by atoms with Gasteiger partial charge in [-0.3, -0.25) is 4.21 Å². The molecule has 20 heavy (non-hydrogen) atoms. The first-order valence-electron chi connectivity index (χ1n) is 7.00. The maximum absolute atomic E-state index is 12.1. The number of likely N-dealkylation sites (N-methyl/N-ethyl adjacent to an activating group) is 1. The van der Waals surface area contributed by atoms with E-state index in [1.807, 2.05) is 6.92 Å². The molecule has 112 valence electrons. The molecule has 0 aliphatic heterocycles. The summed E-state index contributed by atoms with van der Waals surface area (Å²) in [6.45, 7) is 8.93. The van der Waals surface area contributed by atoms with Crippen LogP contribution in [0.5, 0.6) is 0 Å². The monoisotopic (exact) mass is 297 g/mol. The van der Waals surface area contributed by atoms with E-state index in [0.29, 0.717) is 22.8 Å². The number of ether oxygens (including phenoxy) is 1. The summed E-state index contributed by atoms with van der Waals surface area (Å²) in [5.74, 6) is 0.0959. The van der Waals surface area contributed by atoms with Crippen molar-refractivity contribution in [2.24, 2.45) is 0 Å². The summed E-state index contributed by atoms with van der Waals surface area (Å²) < 4.78 is 17.2. The minimum absolute atomic E-state index is 0.355. The van der Waals surface area contributed by atoms with Crippen LogP contribution in [0.3, 0.4) is 0 Å². The van der Waals surface area contributed by atoms with E-state index in [1.165, 1.54) is 0 Å². The molecule has 1 aromatic carbocycles. The second-order valence-corrected chi connectivity index (χ2v) is 6.00. The van der Waals surface area contributed by atoms with Gasteiger partial charge < -0.3 is 9.64 Å². The van der Waals surface area contributed by atoms with Crippen LogP contribution in [0.1, 0.15) is 31.1 Å². The van der Waals surface area contributed by atoms with Gasteiger partial charge in [0.25, 0.3) is 0 Å². The topological polar surface area (TPSA) is 46.6 Å². The van der Waals surface area contributed by atoms with Crippen molar-refractivity contribution in [1.29, 1.82) is 0 Å². The molecule has 5 heteroatoms. The van der Waals surface area contributed by atoms with Crippen LogP contribution < -0.4 is 0 Å². The Labute approximate surface area is 123 Å². The van der Waals surface area contributed by atoms with Crippen LogP contribution in [-0.2, 0) is 15.5 Å². The van der Waals surface area contributed by atoms with Gasteiger partial charge in [0, 0.05) is 12.3 Å². The Morgan fingerprint density at radius 1 is 1.20 bits per heavy atom. The van der Waals surface area contributed by atoms with E-state index in [1.54, 1.807) is 24.3 Å². The van der Waals surface area contributed by atoms with Gasteiger partial charge in [-0.2, -0.15) is 0 Å². The lowest BCUT2D eigenvalue weighted by atomic mass is 10.2. The van der Waals surface area contributed by atoms with Crippen molar-refractivity contribution >= 4 is 16.8 Å². The quantitative estimate of drug-likeness (QED) is 0.691. The fourth-order valence-electron chi connectivity index (χ4n) is 1.87. The van der Waals surface area contributed by atoms with Crippen LogP contribution in [0.25, 0.3) is 0 Å². The molecule has 1 unspecified atom stereocenters. The molecule has 0 fully saturated rings. The normalized spacial score (nSPS) is 12.4. The number of hydrogen-bond acceptors (Lipinski definition) is 4. The summed E-state index contributed by atoms with van der Waals surface area (Å²) in [6, 6.07) is 6.94. The maximum Gasteiger partial charge on any atom is 0.339 e. The molecule has 0 radical (unpaired) electrons. The summed E-state index contributed by atoms with van der Waals surface area (Å²) in [6.07, 6.45) is 0. The van der Waals surface area contributed by atoms with Crippen molar-refractivity contribution in [2.45, 2.75) is 25.7 Å². The van der Waals surface area contributed by atoms with Gasteiger partial charge in [0.05, 0.1) is 21.3 Å². The van der Waals surface area contributed by atoms with E-state index >= 15 is 0 Å². The Hall–Kier alpha value is -1.20. The summed E-state index contributed by atoms with van der Waals surface area (Å²) >= 11 is 0. The van der Waals surface area contributed by atoms with E-state index in [9.17, 15) is 9.00 Å². The van der Waals surface area contributed by atoms with Crippen molar-refractivity contribution < 1.29 is 13.7 Å². The van der Waals surface area contributed by atoms with Gasteiger partial charge in [-0.05, 0) is 25.2 Å². The van der Waals surface area contributed by atoms with Gasteiger partial charge in [-0.1, -0.05) is 32.9 Å². The highest BCUT2D eigenvalue weighted by atomic mass is 32.2. The molecule has 0 aliphatic rings. The Kier molecular flexibility index (Phi) is 7.47. The molecule has 4 nitrogen and oxygen atoms in total. The highest BCUT2D eigenvalue weighted by molar-refractivity contribution is 7.85. The first-order chi connectivity index (χ1) is 9.63. The predicted molar refractivity (Wildman–Crippen MR) is 81.5 cm³/mol. The molecule has 1 atom stereocenters. The van der Waals surface area contributed by atoms with Crippen LogP contribution in [0, 0.1) is 0 Å². The van der Waals surface area contributed by atoms with Crippen molar-refractivity contribution in [3.63, 3.8) is 0 Å². The van der Waals surface area contributed by atoms with Gasteiger partial charge in [0.1, 0.15) is 6.61 Å². The second-order valence-electron chi connectivity index (χ2n) is 4.29. The van der Waals surface area contributed by atoms with Crippen LogP contribution in [0.15, 0.2) is 29.2 Å². The number of hydrogen-bond donors (Lipinski definition) is 0. The van der Waals surface area contributed by atoms with Gasteiger partial charge in [-0.15, -0.1) is 0 Å². The number of rotatable bonds is 8. The molecule has 0 spiro atoms. The summed E-state index contributed by atoms with van der Waals surface area (Å²) in [5, 5.41) is 0. The number of carbonyl (C=O) groups excluding carboxylic acids is 1. The molecule has 1 rings (SSSR count). The standard InChI is InChI=1S/C15H23NO3S/c1-4-16(5-2)11-12-19-15(17)13-9-7-8-10-14(13)20(18)6-3/h7-10H,4-6,11-12H2,1-3H3.